The fourth-order valence-corrected chi connectivity index (χ4v) is 30.7. The molecule has 0 aromatic heterocycles. The second kappa shape index (κ2) is 19.5. The van der Waals surface area contributed by atoms with Gasteiger partial charge in [-0.15, -0.1) is 6.58 Å². The molecule has 3 nitrogen and oxygen atoms in total. The standard InChI is InChI=1S/C57H50O3Si4/c1-2-48-61(49-30-12-3-13-31-49,50-32-14-4-15-33-50)58-63(54-40-22-8-23-41-54,55-42-24-9-25-43-55)60-64(56-44-26-10-27-45-56,57-46-28-11-29-47-57)59-62(51-34-16-5-17-35-51,52-36-18-6-19-37-52)53-38-20-7-21-39-53/h2-47H,1,48H2. The number of hydrogen-bond acceptors (Lipinski definition) is 3. The number of rotatable bonds is 17. The van der Waals surface area contributed by atoms with Crippen LogP contribution in [0.25, 0.3) is 0 Å². The van der Waals surface area contributed by atoms with Gasteiger partial charge >= 0.3 is 17.1 Å². The smallest absolute Gasteiger partial charge is 0.389 e. The number of hydrogen-bond donors (Lipinski definition) is 0. The van der Waals surface area contributed by atoms with E-state index in [1.165, 1.54) is 0 Å². The Balaban J connectivity index is 1.44. The van der Waals surface area contributed by atoms with Gasteiger partial charge in [0.2, 0.25) is 0 Å². The Hall–Kier alpha value is -6.53. The van der Waals surface area contributed by atoms with Crippen LogP contribution in [0.2, 0.25) is 6.04 Å². The van der Waals surface area contributed by atoms with E-state index < -0.39 is 33.8 Å². The van der Waals surface area contributed by atoms with Crippen molar-refractivity contribution < 1.29 is 12.3 Å². The van der Waals surface area contributed by atoms with E-state index in [2.05, 4.69) is 280 Å². The highest BCUT2D eigenvalue weighted by Crippen LogP contribution is 2.28. The maximum absolute atomic E-state index is 8.80. The molecule has 9 aromatic carbocycles. The minimum Gasteiger partial charge on any atom is -0.422 e. The van der Waals surface area contributed by atoms with Crippen LogP contribution in [0.5, 0.6) is 0 Å². The van der Waals surface area contributed by atoms with Crippen molar-refractivity contribution in [2.75, 3.05) is 0 Å². The lowest BCUT2D eigenvalue weighted by molar-refractivity contribution is 0.361. The molecule has 9 aromatic rings. The molecule has 0 spiro atoms. The van der Waals surface area contributed by atoms with Gasteiger partial charge in [-0.25, -0.2) is 0 Å². The quantitative estimate of drug-likeness (QED) is 0.0553. The molecule has 0 radical (unpaired) electrons. The topological polar surface area (TPSA) is 27.7 Å². The molecule has 9 rings (SSSR count). The lowest BCUT2D eigenvalue weighted by atomic mass is 10.3. The van der Waals surface area contributed by atoms with Gasteiger partial charge < -0.3 is 12.3 Å². The monoisotopic (exact) mass is 894 g/mol. The maximum Gasteiger partial charge on any atom is 0.389 e. The van der Waals surface area contributed by atoms with Gasteiger partial charge in [0, 0.05) is 0 Å². The molecule has 312 valence electrons. The predicted molar refractivity (Wildman–Crippen MR) is 276 cm³/mol. The van der Waals surface area contributed by atoms with Crippen LogP contribution in [0, 0.1) is 0 Å². The average molecular weight is 895 g/mol. The van der Waals surface area contributed by atoms with Crippen LogP contribution in [-0.2, 0) is 12.3 Å². The van der Waals surface area contributed by atoms with Crippen molar-refractivity contribution in [1.29, 1.82) is 0 Å². The summed E-state index contributed by atoms with van der Waals surface area (Å²) in [7, 11) is -14.9. The van der Waals surface area contributed by atoms with Crippen LogP contribution in [0.4, 0.5) is 0 Å². The van der Waals surface area contributed by atoms with Crippen molar-refractivity contribution >= 4 is 80.4 Å². The molecular formula is C57H50O3Si4. The van der Waals surface area contributed by atoms with E-state index in [0.717, 1.165) is 46.7 Å². The molecule has 0 aliphatic carbocycles. The van der Waals surface area contributed by atoms with Gasteiger partial charge in [0.05, 0.1) is 0 Å². The predicted octanol–water partition coefficient (Wildman–Crippen LogP) is 7.16. The Bertz CT molecular complexity index is 2610. The summed E-state index contributed by atoms with van der Waals surface area (Å²) in [6.45, 7) is 4.41. The SMILES string of the molecule is C=CC[Si](O[Si](O[Si](O[Si](c1ccccc1)(c1ccccc1)c1ccccc1)(c1ccccc1)c1ccccc1)(c1ccccc1)c1ccccc1)(c1ccccc1)c1ccccc1. The molecule has 0 saturated carbocycles. The first-order valence-corrected chi connectivity index (χ1v) is 29.5. The van der Waals surface area contributed by atoms with E-state index in [-0.39, 0.29) is 0 Å². The molecule has 0 bridgehead atoms. The Morgan fingerprint density at radius 2 is 0.484 bits per heavy atom. The van der Waals surface area contributed by atoms with E-state index in [0.29, 0.717) is 6.04 Å². The molecule has 7 heteroatoms. The third kappa shape index (κ3) is 8.22. The van der Waals surface area contributed by atoms with Crippen molar-refractivity contribution in [3.05, 3.63) is 286 Å². The summed E-state index contributed by atoms with van der Waals surface area (Å²) in [5.74, 6) is 0. The number of benzene rings is 9. The van der Waals surface area contributed by atoms with Crippen LogP contribution in [0.15, 0.2) is 286 Å². The first-order valence-electron chi connectivity index (χ1n) is 21.8. The second-order valence-electron chi connectivity index (χ2n) is 15.8. The van der Waals surface area contributed by atoms with Gasteiger partial charge in [0.25, 0.3) is 16.6 Å². The molecule has 64 heavy (non-hydrogen) atoms. The lowest BCUT2D eigenvalue weighted by Crippen LogP contribution is -2.83. The van der Waals surface area contributed by atoms with Gasteiger partial charge in [0.1, 0.15) is 0 Å². The summed E-state index contributed by atoms with van der Waals surface area (Å²) in [6, 6.07) is 97.5. The zero-order valence-electron chi connectivity index (χ0n) is 35.7. The largest absolute Gasteiger partial charge is 0.422 e. The fourth-order valence-electron chi connectivity index (χ4n) is 9.02. The van der Waals surface area contributed by atoms with Crippen molar-refractivity contribution in [3.63, 3.8) is 0 Å². The van der Waals surface area contributed by atoms with Gasteiger partial charge in [-0.1, -0.05) is 279 Å². The van der Waals surface area contributed by atoms with Crippen LogP contribution in [0.3, 0.4) is 0 Å². The zero-order valence-corrected chi connectivity index (χ0v) is 39.7. The minimum absolute atomic E-state index is 0.613. The van der Waals surface area contributed by atoms with Crippen molar-refractivity contribution in [2.24, 2.45) is 0 Å². The number of allylic oxidation sites excluding steroid dienone is 1. The highest BCUT2D eigenvalue weighted by molar-refractivity contribution is 7.16. The summed E-state index contributed by atoms with van der Waals surface area (Å²) in [5, 5.41) is 9.61. The first kappa shape index (κ1) is 42.8. The van der Waals surface area contributed by atoms with E-state index in [9.17, 15) is 0 Å². The summed E-state index contributed by atoms with van der Waals surface area (Å²) in [6.07, 6.45) is 2.04. The summed E-state index contributed by atoms with van der Waals surface area (Å²) in [4.78, 5) is 0. The molecule has 0 amide bonds. The third-order valence-electron chi connectivity index (χ3n) is 12.0. The first-order chi connectivity index (χ1) is 31.6. The van der Waals surface area contributed by atoms with Gasteiger partial charge in [-0.3, -0.25) is 0 Å². The van der Waals surface area contributed by atoms with Gasteiger partial charge in [-0.05, 0) is 52.7 Å². The van der Waals surface area contributed by atoms with E-state index in [1.54, 1.807) is 0 Å². The zero-order chi connectivity index (χ0) is 43.6. The third-order valence-corrected chi connectivity index (χ3v) is 30.4. The van der Waals surface area contributed by atoms with Crippen LogP contribution < -0.4 is 46.7 Å². The maximum atomic E-state index is 8.80. The Kier molecular flexibility index (Phi) is 13.0. The lowest BCUT2D eigenvalue weighted by Gasteiger charge is -2.49. The van der Waals surface area contributed by atoms with E-state index >= 15 is 0 Å². The van der Waals surface area contributed by atoms with Crippen molar-refractivity contribution in [2.45, 2.75) is 6.04 Å². The summed E-state index contributed by atoms with van der Waals surface area (Å²) >= 11 is 0. The Morgan fingerprint density at radius 3 is 0.734 bits per heavy atom. The molecule has 0 unspecified atom stereocenters. The van der Waals surface area contributed by atoms with Gasteiger partial charge in [-0.2, -0.15) is 0 Å². The minimum atomic E-state index is -4.06. The fraction of sp³-hybridized carbons (Fsp3) is 0.0175. The van der Waals surface area contributed by atoms with Gasteiger partial charge in [0.15, 0.2) is 0 Å². The molecule has 0 atom stereocenters. The Morgan fingerprint density at radius 1 is 0.266 bits per heavy atom. The van der Waals surface area contributed by atoms with Crippen LogP contribution in [-0.4, -0.2) is 33.8 Å². The van der Waals surface area contributed by atoms with Crippen LogP contribution in [0.1, 0.15) is 0 Å². The van der Waals surface area contributed by atoms with Crippen molar-refractivity contribution in [3.8, 4) is 0 Å². The normalized spacial score (nSPS) is 12.1. The summed E-state index contributed by atoms with van der Waals surface area (Å²) < 4.78 is 26.1. The van der Waals surface area contributed by atoms with Crippen LogP contribution >= 0.6 is 0 Å². The molecule has 0 heterocycles. The molecule has 0 aliphatic rings. The molecule has 0 N–H and O–H groups in total. The Labute approximate surface area is 382 Å². The molecule has 0 fully saturated rings. The van der Waals surface area contributed by atoms with E-state index in [4.69, 9.17) is 12.3 Å². The molecular weight excluding hydrogens is 845 g/mol. The summed E-state index contributed by atoms with van der Waals surface area (Å²) in [5.41, 5.74) is 0. The second-order valence-corrected chi connectivity index (χ2v) is 29.4. The highest BCUT2D eigenvalue weighted by Gasteiger charge is 2.61. The van der Waals surface area contributed by atoms with Crippen molar-refractivity contribution in [1.82, 2.24) is 0 Å². The van der Waals surface area contributed by atoms with E-state index in [1.807, 2.05) is 6.08 Å². The molecule has 0 aliphatic heterocycles. The average Bonchev–Trinajstić information content (AvgIpc) is 3.39. The highest BCUT2D eigenvalue weighted by atomic mass is 28.5. The molecule has 0 saturated heterocycles.